The SMILES string of the molecule is C=Cc1ccn(-c2ccncc2)c1C=Cc1ccc(O)cc1. The van der Waals surface area contributed by atoms with Crippen LogP contribution in [0.2, 0.25) is 0 Å². The summed E-state index contributed by atoms with van der Waals surface area (Å²) in [7, 11) is 0. The molecule has 108 valence electrons. The van der Waals surface area contributed by atoms with Gasteiger partial charge in [-0.05, 0) is 47.5 Å². The highest BCUT2D eigenvalue weighted by Gasteiger charge is 2.05. The van der Waals surface area contributed by atoms with Gasteiger partial charge in [0.25, 0.3) is 0 Å². The summed E-state index contributed by atoms with van der Waals surface area (Å²) in [6.45, 7) is 3.87. The molecule has 0 aliphatic heterocycles. The molecule has 3 heteroatoms. The number of phenolic OH excluding ortho intramolecular Hbond substituents is 1. The summed E-state index contributed by atoms with van der Waals surface area (Å²) >= 11 is 0. The van der Waals surface area contributed by atoms with Crippen LogP contribution >= 0.6 is 0 Å². The number of pyridine rings is 1. The lowest BCUT2D eigenvalue weighted by Gasteiger charge is -2.07. The Kier molecular flexibility index (Phi) is 3.88. The van der Waals surface area contributed by atoms with Crippen LogP contribution in [0.1, 0.15) is 16.8 Å². The monoisotopic (exact) mass is 288 g/mol. The van der Waals surface area contributed by atoms with E-state index in [2.05, 4.69) is 16.1 Å². The van der Waals surface area contributed by atoms with E-state index in [1.54, 1.807) is 24.5 Å². The smallest absolute Gasteiger partial charge is 0.115 e. The van der Waals surface area contributed by atoms with Crippen molar-refractivity contribution in [2.24, 2.45) is 0 Å². The molecule has 0 aliphatic rings. The Morgan fingerprint density at radius 3 is 2.36 bits per heavy atom. The highest BCUT2D eigenvalue weighted by atomic mass is 16.3. The van der Waals surface area contributed by atoms with E-state index >= 15 is 0 Å². The average Bonchev–Trinajstić information content (AvgIpc) is 2.98. The van der Waals surface area contributed by atoms with Crippen LogP contribution in [0.4, 0.5) is 0 Å². The van der Waals surface area contributed by atoms with Crippen LogP contribution in [0.3, 0.4) is 0 Å². The largest absolute Gasteiger partial charge is 0.508 e. The second kappa shape index (κ2) is 6.14. The van der Waals surface area contributed by atoms with Crippen LogP contribution in [-0.2, 0) is 0 Å². The quantitative estimate of drug-likeness (QED) is 0.773. The van der Waals surface area contributed by atoms with Gasteiger partial charge in [0.15, 0.2) is 0 Å². The van der Waals surface area contributed by atoms with Crippen molar-refractivity contribution in [3.8, 4) is 11.4 Å². The molecule has 3 nitrogen and oxygen atoms in total. The molecule has 2 aromatic heterocycles. The Balaban J connectivity index is 2.00. The first-order valence-electron chi connectivity index (χ1n) is 6.99. The summed E-state index contributed by atoms with van der Waals surface area (Å²) in [5.74, 6) is 0.268. The Morgan fingerprint density at radius 1 is 0.955 bits per heavy atom. The van der Waals surface area contributed by atoms with E-state index in [9.17, 15) is 5.11 Å². The number of hydrogen-bond acceptors (Lipinski definition) is 2. The van der Waals surface area contributed by atoms with Crippen molar-refractivity contribution in [1.82, 2.24) is 9.55 Å². The zero-order chi connectivity index (χ0) is 15.4. The fourth-order valence-electron chi connectivity index (χ4n) is 2.30. The average molecular weight is 288 g/mol. The van der Waals surface area contributed by atoms with Gasteiger partial charge in [-0.2, -0.15) is 0 Å². The molecular formula is C19H16N2O. The first-order valence-corrected chi connectivity index (χ1v) is 6.99. The molecule has 22 heavy (non-hydrogen) atoms. The molecule has 0 spiro atoms. The number of aromatic nitrogens is 2. The first-order chi connectivity index (χ1) is 10.8. The normalized spacial score (nSPS) is 10.9. The lowest BCUT2D eigenvalue weighted by molar-refractivity contribution is 0.475. The molecule has 3 aromatic rings. The Bertz CT molecular complexity index is 799. The molecule has 0 unspecified atom stereocenters. The van der Waals surface area contributed by atoms with Crippen molar-refractivity contribution in [3.63, 3.8) is 0 Å². The van der Waals surface area contributed by atoms with Gasteiger partial charge in [0.1, 0.15) is 5.75 Å². The van der Waals surface area contributed by atoms with Crippen LogP contribution in [0, 0.1) is 0 Å². The van der Waals surface area contributed by atoms with Crippen LogP contribution in [0.5, 0.6) is 5.75 Å². The van der Waals surface area contributed by atoms with Gasteiger partial charge in [-0.15, -0.1) is 0 Å². The van der Waals surface area contributed by atoms with E-state index in [4.69, 9.17) is 0 Å². The van der Waals surface area contributed by atoms with Crippen LogP contribution < -0.4 is 0 Å². The molecule has 2 heterocycles. The Hall–Kier alpha value is -3.07. The summed E-state index contributed by atoms with van der Waals surface area (Å²) in [4.78, 5) is 4.05. The van der Waals surface area contributed by atoms with Gasteiger partial charge >= 0.3 is 0 Å². The van der Waals surface area contributed by atoms with Crippen molar-refractivity contribution in [2.45, 2.75) is 0 Å². The van der Waals surface area contributed by atoms with Gasteiger partial charge in [-0.25, -0.2) is 0 Å². The minimum atomic E-state index is 0.268. The molecule has 3 rings (SSSR count). The van der Waals surface area contributed by atoms with E-state index < -0.39 is 0 Å². The van der Waals surface area contributed by atoms with Gasteiger partial charge in [-0.3, -0.25) is 4.98 Å². The summed E-state index contributed by atoms with van der Waals surface area (Å²) in [5, 5.41) is 9.34. The van der Waals surface area contributed by atoms with Crippen molar-refractivity contribution in [3.05, 3.63) is 84.5 Å². The van der Waals surface area contributed by atoms with Crippen molar-refractivity contribution in [1.29, 1.82) is 0 Å². The summed E-state index contributed by atoms with van der Waals surface area (Å²) in [5.41, 5.74) is 4.19. The van der Waals surface area contributed by atoms with E-state index in [1.165, 1.54) is 0 Å². The maximum Gasteiger partial charge on any atom is 0.115 e. The van der Waals surface area contributed by atoms with E-state index in [0.717, 1.165) is 22.5 Å². The third-order valence-electron chi connectivity index (χ3n) is 3.45. The van der Waals surface area contributed by atoms with Gasteiger partial charge in [-0.1, -0.05) is 30.9 Å². The number of phenols is 1. The Morgan fingerprint density at radius 2 is 1.68 bits per heavy atom. The number of benzene rings is 1. The predicted molar refractivity (Wildman–Crippen MR) is 90.7 cm³/mol. The van der Waals surface area contributed by atoms with E-state index in [-0.39, 0.29) is 5.75 Å². The zero-order valence-corrected chi connectivity index (χ0v) is 12.1. The van der Waals surface area contributed by atoms with Crippen molar-refractivity contribution >= 4 is 18.2 Å². The van der Waals surface area contributed by atoms with Gasteiger partial charge in [0.2, 0.25) is 0 Å². The van der Waals surface area contributed by atoms with Crippen LogP contribution in [-0.4, -0.2) is 14.7 Å². The molecular weight excluding hydrogens is 272 g/mol. The van der Waals surface area contributed by atoms with E-state index in [0.29, 0.717) is 0 Å². The second-order valence-electron chi connectivity index (χ2n) is 4.86. The fraction of sp³-hybridized carbons (Fsp3) is 0. The molecule has 0 aliphatic carbocycles. The third-order valence-corrected chi connectivity index (χ3v) is 3.45. The number of rotatable bonds is 4. The van der Waals surface area contributed by atoms with Gasteiger partial charge in [0, 0.05) is 24.3 Å². The van der Waals surface area contributed by atoms with Crippen LogP contribution in [0.15, 0.2) is 67.6 Å². The summed E-state index contributed by atoms with van der Waals surface area (Å²) in [6.07, 6.45) is 11.5. The van der Waals surface area contributed by atoms with E-state index in [1.807, 2.05) is 54.8 Å². The number of nitrogens with zero attached hydrogens (tertiary/aromatic N) is 2. The van der Waals surface area contributed by atoms with Crippen LogP contribution in [0.25, 0.3) is 23.9 Å². The lowest BCUT2D eigenvalue weighted by Crippen LogP contribution is -1.95. The fourth-order valence-corrected chi connectivity index (χ4v) is 2.30. The molecule has 0 saturated carbocycles. The molecule has 0 bridgehead atoms. The molecule has 0 amide bonds. The summed E-state index contributed by atoms with van der Waals surface area (Å²) in [6, 6.07) is 13.1. The first kappa shape index (κ1) is 13.9. The molecule has 1 N–H and O–H groups in total. The lowest BCUT2D eigenvalue weighted by atomic mass is 10.1. The highest BCUT2D eigenvalue weighted by molar-refractivity contribution is 5.74. The third kappa shape index (κ3) is 2.83. The maximum atomic E-state index is 9.34. The molecule has 0 atom stereocenters. The zero-order valence-electron chi connectivity index (χ0n) is 12.1. The summed E-state index contributed by atoms with van der Waals surface area (Å²) < 4.78 is 2.09. The topological polar surface area (TPSA) is 38.0 Å². The van der Waals surface area contributed by atoms with Crippen molar-refractivity contribution in [2.75, 3.05) is 0 Å². The molecule has 0 saturated heterocycles. The molecule has 0 fully saturated rings. The maximum absolute atomic E-state index is 9.34. The van der Waals surface area contributed by atoms with Gasteiger partial charge in [0.05, 0.1) is 5.69 Å². The minimum absolute atomic E-state index is 0.268. The number of aromatic hydroxyl groups is 1. The highest BCUT2D eigenvalue weighted by Crippen LogP contribution is 2.21. The molecule has 0 radical (unpaired) electrons. The number of hydrogen-bond donors (Lipinski definition) is 1. The predicted octanol–water partition coefficient (Wildman–Crippen LogP) is 4.39. The minimum Gasteiger partial charge on any atom is -0.508 e. The Labute approximate surface area is 129 Å². The van der Waals surface area contributed by atoms with Crippen molar-refractivity contribution < 1.29 is 5.11 Å². The molecule has 1 aromatic carbocycles. The standard InChI is InChI=1S/C19H16N2O/c1-2-16-11-14-21(17-9-12-20-13-10-17)19(16)8-5-15-3-6-18(22)7-4-15/h2-14,22H,1H2. The van der Waals surface area contributed by atoms with Gasteiger partial charge < -0.3 is 9.67 Å². The second-order valence-corrected chi connectivity index (χ2v) is 4.86.